The Hall–Kier alpha value is -5.05. The molecular weight excluding hydrogens is 476 g/mol. The summed E-state index contributed by atoms with van der Waals surface area (Å²) in [6.07, 6.45) is 6.02. The van der Waals surface area contributed by atoms with Crippen molar-refractivity contribution in [3.63, 3.8) is 0 Å². The molecule has 1 amide bonds. The van der Waals surface area contributed by atoms with Crippen LogP contribution in [0.25, 0.3) is 10.8 Å². The number of ether oxygens (including phenoxy) is 3. The zero-order valence-corrected chi connectivity index (χ0v) is 20.3. The zero-order chi connectivity index (χ0) is 26.5. The van der Waals surface area contributed by atoms with E-state index in [1.807, 2.05) is 0 Å². The highest BCUT2D eigenvalue weighted by atomic mass is 16.5. The van der Waals surface area contributed by atoms with Gasteiger partial charge in [-0.1, -0.05) is 42.5 Å². The molecule has 9 heteroatoms. The summed E-state index contributed by atoms with van der Waals surface area (Å²) in [6.45, 7) is 0. The maximum Gasteiger partial charge on any atom is 0.355 e. The molecule has 0 atom stereocenters. The van der Waals surface area contributed by atoms with E-state index < -0.39 is 23.6 Å². The molecule has 1 heterocycles. The fraction of sp³-hybridized carbons (Fsp3) is 0.107. The predicted octanol–water partition coefficient (Wildman–Crippen LogP) is 4.30. The fourth-order valence-electron chi connectivity index (χ4n) is 4.01. The van der Waals surface area contributed by atoms with Crippen LogP contribution in [0.3, 0.4) is 0 Å². The van der Waals surface area contributed by atoms with E-state index >= 15 is 0 Å². The molecule has 0 aliphatic carbocycles. The standard InChI is InChI=1S/C28H24N2O7/c1-35-22-14-7-6-13-21(22)29-26(32)20-16-17-10-4-5-11-18(17)23(25(20)31)30-15-9-8-12-19(27(33)36-2)24(30)28(34)37-3/h4-16,31H,1-3H3,(H,29,32). The first-order valence-corrected chi connectivity index (χ1v) is 11.1. The number of hydrogen-bond donors (Lipinski definition) is 2. The van der Waals surface area contributed by atoms with Gasteiger partial charge in [0.1, 0.15) is 11.4 Å². The second-order valence-corrected chi connectivity index (χ2v) is 7.81. The number of fused-ring (bicyclic) bond motifs is 1. The predicted molar refractivity (Wildman–Crippen MR) is 138 cm³/mol. The van der Waals surface area contributed by atoms with Gasteiger partial charge in [0, 0.05) is 11.6 Å². The molecular formula is C28H24N2O7. The molecule has 0 unspecified atom stereocenters. The first-order valence-electron chi connectivity index (χ1n) is 11.1. The van der Waals surface area contributed by atoms with Crippen LogP contribution >= 0.6 is 0 Å². The molecule has 0 aromatic heterocycles. The number of allylic oxidation sites excluding steroid dienone is 2. The van der Waals surface area contributed by atoms with Gasteiger partial charge in [0.2, 0.25) is 0 Å². The van der Waals surface area contributed by atoms with Gasteiger partial charge in [-0.3, -0.25) is 4.79 Å². The number of phenols is 1. The summed E-state index contributed by atoms with van der Waals surface area (Å²) in [5, 5.41) is 15.4. The highest BCUT2D eigenvalue weighted by Gasteiger charge is 2.31. The first kappa shape index (κ1) is 25.1. The van der Waals surface area contributed by atoms with Crippen LogP contribution in [-0.4, -0.2) is 44.3 Å². The summed E-state index contributed by atoms with van der Waals surface area (Å²) in [7, 11) is 3.85. The third-order valence-corrected chi connectivity index (χ3v) is 5.73. The van der Waals surface area contributed by atoms with Gasteiger partial charge < -0.3 is 29.5 Å². The van der Waals surface area contributed by atoms with Crippen LogP contribution < -0.4 is 15.0 Å². The first-order chi connectivity index (χ1) is 17.9. The van der Waals surface area contributed by atoms with Crippen molar-refractivity contribution in [2.75, 3.05) is 31.5 Å². The molecule has 0 saturated heterocycles. The fourth-order valence-corrected chi connectivity index (χ4v) is 4.01. The summed E-state index contributed by atoms with van der Waals surface area (Å²) in [4.78, 5) is 40.2. The number of amides is 1. The Labute approximate surface area is 212 Å². The molecule has 1 aliphatic heterocycles. The molecule has 9 nitrogen and oxygen atoms in total. The van der Waals surface area contributed by atoms with Gasteiger partial charge in [-0.05, 0) is 35.7 Å². The average molecular weight is 501 g/mol. The number of carbonyl (C=O) groups excluding carboxylic acids is 3. The number of hydrogen-bond acceptors (Lipinski definition) is 8. The molecule has 3 aromatic rings. The molecule has 188 valence electrons. The number of methoxy groups -OCH3 is 3. The second kappa shape index (κ2) is 10.7. The highest BCUT2D eigenvalue weighted by molar-refractivity contribution is 6.15. The lowest BCUT2D eigenvalue weighted by Crippen LogP contribution is -2.27. The highest BCUT2D eigenvalue weighted by Crippen LogP contribution is 2.42. The van der Waals surface area contributed by atoms with Crippen LogP contribution in [0.1, 0.15) is 10.4 Å². The van der Waals surface area contributed by atoms with Crippen LogP contribution in [0.5, 0.6) is 11.5 Å². The Balaban J connectivity index is 1.95. The Morgan fingerprint density at radius 1 is 0.892 bits per heavy atom. The van der Waals surface area contributed by atoms with E-state index in [1.165, 1.54) is 38.5 Å². The molecule has 37 heavy (non-hydrogen) atoms. The lowest BCUT2D eigenvalue weighted by Gasteiger charge is -2.26. The van der Waals surface area contributed by atoms with Crippen molar-refractivity contribution < 1.29 is 33.7 Å². The van der Waals surface area contributed by atoms with Crippen molar-refractivity contribution in [2.45, 2.75) is 0 Å². The van der Waals surface area contributed by atoms with Crippen LogP contribution in [0.15, 0.2) is 90.3 Å². The summed E-state index contributed by atoms with van der Waals surface area (Å²) in [5.41, 5.74) is 0.166. The molecule has 1 aliphatic rings. The minimum Gasteiger partial charge on any atom is -0.505 e. The molecule has 0 bridgehead atoms. The van der Waals surface area contributed by atoms with Gasteiger partial charge in [0.05, 0.1) is 43.8 Å². The smallest absolute Gasteiger partial charge is 0.355 e. The van der Waals surface area contributed by atoms with Crippen molar-refractivity contribution in [3.8, 4) is 11.5 Å². The SMILES string of the molecule is COC(=O)C1=C(C(=O)OC)N(c2c(O)c(C(=O)Nc3ccccc3OC)cc3ccccc23)C=CC=C1. The third-order valence-electron chi connectivity index (χ3n) is 5.73. The van der Waals surface area contributed by atoms with E-state index in [9.17, 15) is 19.5 Å². The van der Waals surface area contributed by atoms with E-state index in [1.54, 1.807) is 66.7 Å². The van der Waals surface area contributed by atoms with Gasteiger partial charge in [-0.2, -0.15) is 0 Å². The minimum absolute atomic E-state index is 0.0611. The number of rotatable bonds is 6. The molecule has 0 spiro atoms. The van der Waals surface area contributed by atoms with Crippen molar-refractivity contribution in [1.29, 1.82) is 0 Å². The lowest BCUT2D eigenvalue weighted by molar-refractivity contribution is -0.139. The number of carbonyl (C=O) groups is 3. The summed E-state index contributed by atoms with van der Waals surface area (Å²) in [5.74, 6) is -2.20. The van der Waals surface area contributed by atoms with E-state index in [-0.39, 0.29) is 22.5 Å². The number of benzene rings is 3. The van der Waals surface area contributed by atoms with E-state index in [4.69, 9.17) is 14.2 Å². The van der Waals surface area contributed by atoms with Crippen LogP contribution in [0, 0.1) is 0 Å². The number of nitrogens with zero attached hydrogens (tertiary/aromatic N) is 1. The van der Waals surface area contributed by atoms with Gasteiger partial charge >= 0.3 is 11.9 Å². The summed E-state index contributed by atoms with van der Waals surface area (Å²) < 4.78 is 15.2. The topological polar surface area (TPSA) is 114 Å². The minimum atomic E-state index is -0.844. The van der Waals surface area contributed by atoms with Crippen LogP contribution in [0.4, 0.5) is 11.4 Å². The van der Waals surface area contributed by atoms with Gasteiger partial charge in [0.25, 0.3) is 5.91 Å². The maximum atomic E-state index is 13.4. The summed E-state index contributed by atoms with van der Waals surface area (Å²) in [6, 6.07) is 15.4. The van der Waals surface area contributed by atoms with Gasteiger partial charge in [-0.15, -0.1) is 0 Å². The molecule has 2 N–H and O–H groups in total. The number of nitrogens with one attached hydrogen (secondary N) is 1. The number of aromatic hydroxyl groups is 1. The number of phenolic OH excluding ortho intramolecular Hbond substituents is 1. The Kier molecular flexibility index (Phi) is 7.24. The lowest BCUT2D eigenvalue weighted by atomic mass is 10.0. The third kappa shape index (κ3) is 4.74. The molecule has 0 saturated carbocycles. The van der Waals surface area contributed by atoms with Gasteiger partial charge in [0.15, 0.2) is 5.75 Å². The normalized spacial score (nSPS) is 12.8. The zero-order valence-electron chi connectivity index (χ0n) is 20.3. The van der Waals surface area contributed by atoms with E-state index in [0.29, 0.717) is 22.2 Å². The Bertz CT molecular complexity index is 1490. The van der Waals surface area contributed by atoms with Crippen molar-refractivity contribution in [1.82, 2.24) is 0 Å². The molecule has 4 rings (SSSR count). The Morgan fingerprint density at radius 2 is 1.59 bits per heavy atom. The van der Waals surface area contributed by atoms with Crippen LogP contribution in [0.2, 0.25) is 0 Å². The van der Waals surface area contributed by atoms with Crippen molar-refractivity contribution in [3.05, 3.63) is 95.9 Å². The monoisotopic (exact) mass is 500 g/mol. The second-order valence-electron chi connectivity index (χ2n) is 7.81. The Morgan fingerprint density at radius 3 is 2.32 bits per heavy atom. The molecule has 3 aromatic carbocycles. The van der Waals surface area contributed by atoms with Crippen molar-refractivity contribution >= 4 is 40.0 Å². The molecule has 0 radical (unpaired) electrons. The number of para-hydroxylation sites is 2. The number of esters is 2. The van der Waals surface area contributed by atoms with Crippen LogP contribution in [-0.2, 0) is 19.1 Å². The molecule has 0 fully saturated rings. The quantitative estimate of drug-likeness (QED) is 0.482. The van der Waals surface area contributed by atoms with E-state index in [0.717, 1.165) is 0 Å². The summed E-state index contributed by atoms with van der Waals surface area (Å²) >= 11 is 0. The average Bonchev–Trinajstić information content (AvgIpc) is 3.15. The number of anilines is 2. The largest absolute Gasteiger partial charge is 0.505 e. The maximum absolute atomic E-state index is 13.4. The van der Waals surface area contributed by atoms with E-state index in [2.05, 4.69) is 5.32 Å². The van der Waals surface area contributed by atoms with Gasteiger partial charge in [-0.25, -0.2) is 9.59 Å². The van der Waals surface area contributed by atoms with Crippen molar-refractivity contribution in [2.24, 2.45) is 0 Å².